The molecule has 4 rings (SSSR count). The molecule has 200 valence electrons. The average molecular weight is 557 g/mol. The topological polar surface area (TPSA) is 77.1 Å². The van der Waals surface area contributed by atoms with Gasteiger partial charge in [-0.25, -0.2) is 0 Å². The molecule has 1 aliphatic heterocycles. The fourth-order valence-corrected chi connectivity index (χ4v) is 4.34. The standard InChI is InChI=1S/C29H30Cl2N2O5/c1-18(38-25-11-7-20(30)15-23(25)31)28(35)32-21-8-12-26-24(16-21)33(27(34)17-37-26)13-14-36-22-9-5-19(6-10-22)29(2,3)4/h5-12,15-16,18H,13-14,17H2,1-4H3,(H,32,35). The number of fused-ring (bicyclic) bond motifs is 1. The number of ether oxygens (including phenoxy) is 3. The predicted molar refractivity (Wildman–Crippen MR) is 150 cm³/mol. The number of carbonyl (C=O) groups excluding carboxylic acids is 2. The summed E-state index contributed by atoms with van der Waals surface area (Å²) in [5.41, 5.74) is 2.32. The molecule has 0 saturated carbocycles. The van der Waals surface area contributed by atoms with Crippen LogP contribution in [0.2, 0.25) is 10.0 Å². The van der Waals surface area contributed by atoms with E-state index in [1.165, 1.54) is 5.56 Å². The fraction of sp³-hybridized carbons (Fsp3) is 0.310. The van der Waals surface area contributed by atoms with Gasteiger partial charge in [-0.05, 0) is 66.4 Å². The predicted octanol–water partition coefficient (Wildman–Crippen LogP) is 6.50. The minimum absolute atomic E-state index is 0.0579. The van der Waals surface area contributed by atoms with Gasteiger partial charge in [0.2, 0.25) is 0 Å². The molecular formula is C29H30Cl2N2O5. The van der Waals surface area contributed by atoms with E-state index in [1.807, 2.05) is 24.3 Å². The number of hydrogen-bond donors (Lipinski definition) is 1. The van der Waals surface area contributed by atoms with E-state index in [4.69, 9.17) is 37.4 Å². The molecule has 1 atom stereocenters. The summed E-state index contributed by atoms with van der Waals surface area (Å²) in [6.07, 6.45) is -0.836. The van der Waals surface area contributed by atoms with Crippen molar-refractivity contribution in [1.82, 2.24) is 0 Å². The number of rotatable bonds is 8. The maximum absolute atomic E-state index is 12.8. The number of benzene rings is 3. The highest BCUT2D eigenvalue weighted by molar-refractivity contribution is 6.35. The number of nitrogens with one attached hydrogen (secondary N) is 1. The average Bonchev–Trinajstić information content (AvgIpc) is 2.86. The monoisotopic (exact) mass is 556 g/mol. The van der Waals surface area contributed by atoms with Crippen LogP contribution in [0, 0.1) is 0 Å². The number of nitrogens with zero attached hydrogens (tertiary/aromatic N) is 1. The van der Waals surface area contributed by atoms with Gasteiger partial charge in [-0.15, -0.1) is 0 Å². The zero-order valence-corrected chi connectivity index (χ0v) is 23.2. The Morgan fingerprint density at radius 2 is 1.82 bits per heavy atom. The third-order valence-electron chi connectivity index (χ3n) is 6.04. The molecule has 0 radical (unpaired) electrons. The Hall–Kier alpha value is -3.42. The molecule has 9 heteroatoms. The minimum atomic E-state index is -0.836. The summed E-state index contributed by atoms with van der Waals surface area (Å²) in [6.45, 7) is 8.64. The Morgan fingerprint density at radius 3 is 2.50 bits per heavy atom. The molecule has 0 fully saturated rings. The van der Waals surface area contributed by atoms with E-state index in [2.05, 4.69) is 26.1 Å². The van der Waals surface area contributed by atoms with Crippen LogP contribution in [-0.4, -0.2) is 37.7 Å². The maximum atomic E-state index is 12.8. The summed E-state index contributed by atoms with van der Waals surface area (Å²) in [5, 5.41) is 3.60. The molecule has 3 aromatic rings. The molecular weight excluding hydrogens is 527 g/mol. The van der Waals surface area contributed by atoms with Gasteiger partial charge in [-0.1, -0.05) is 56.1 Å². The summed E-state index contributed by atoms with van der Waals surface area (Å²) in [7, 11) is 0. The van der Waals surface area contributed by atoms with Crippen molar-refractivity contribution in [2.45, 2.75) is 39.2 Å². The molecule has 3 aromatic carbocycles. The summed E-state index contributed by atoms with van der Waals surface area (Å²) >= 11 is 12.1. The minimum Gasteiger partial charge on any atom is -0.492 e. The van der Waals surface area contributed by atoms with Crippen molar-refractivity contribution in [3.8, 4) is 17.2 Å². The molecule has 7 nitrogen and oxygen atoms in total. The van der Waals surface area contributed by atoms with Crippen molar-refractivity contribution in [1.29, 1.82) is 0 Å². The highest BCUT2D eigenvalue weighted by atomic mass is 35.5. The third kappa shape index (κ3) is 6.71. The van der Waals surface area contributed by atoms with Crippen LogP contribution in [0.1, 0.15) is 33.3 Å². The number of amides is 2. The van der Waals surface area contributed by atoms with Gasteiger partial charge in [0, 0.05) is 10.7 Å². The lowest BCUT2D eigenvalue weighted by molar-refractivity contribution is -0.122. The molecule has 1 N–H and O–H groups in total. The van der Waals surface area contributed by atoms with Crippen LogP contribution in [0.15, 0.2) is 60.7 Å². The first-order valence-electron chi connectivity index (χ1n) is 12.2. The molecule has 0 aliphatic carbocycles. The van der Waals surface area contributed by atoms with Crippen LogP contribution >= 0.6 is 23.2 Å². The zero-order valence-electron chi connectivity index (χ0n) is 21.7. The lowest BCUT2D eigenvalue weighted by Crippen LogP contribution is -2.41. The van der Waals surface area contributed by atoms with Crippen molar-refractivity contribution in [2.75, 3.05) is 30.0 Å². The van der Waals surface area contributed by atoms with E-state index in [1.54, 1.807) is 48.2 Å². The van der Waals surface area contributed by atoms with Crippen molar-refractivity contribution < 1.29 is 23.8 Å². The number of hydrogen-bond acceptors (Lipinski definition) is 5. The van der Waals surface area contributed by atoms with Gasteiger partial charge in [-0.3, -0.25) is 9.59 Å². The largest absolute Gasteiger partial charge is 0.492 e. The highest BCUT2D eigenvalue weighted by Gasteiger charge is 2.26. The first-order chi connectivity index (χ1) is 18.0. The van der Waals surface area contributed by atoms with Gasteiger partial charge < -0.3 is 24.4 Å². The van der Waals surface area contributed by atoms with Gasteiger partial charge >= 0.3 is 0 Å². The van der Waals surface area contributed by atoms with Gasteiger partial charge in [-0.2, -0.15) is 0 Å². The Morgan fingerprint density at radius 1 is 1.08 bits per heavy atom. The Labute approximate surface area is 232 Å². The summed E-state index contributed by atoms with van der Waals surface area (Å²) in [5.74, 6) is 1.06. The van der Waals surface area contributed by atoms with Crippen LogP contribution in [0.25, 0.3) is 0 Å². The fourth-order valence-electron chi connectivity index (χ4n) is 3.89. The van der Waals surface area contributed by atoms with Crippen molar-refractivity contribution in [3.63, 3.8) is 0 Å². The van der Waals surface area contributed by atoms with E-state index in [9.17, 15) is 9.59 Å². The first kappa shape index (κ1) is 27.6. The second kappa shape index (κ2) is 11.5. The molecule has 1 unspecified atom stereocenters. The molecule has 1 aliphatic rings. The number of anilines is 2. The lowest BCUT2D eigenvalue weighted by atomic mass is 9.87. The molecule has 0 aromatic heterocycles. The molecule has 0 bridgehead atoms. The lowest BCUT2D eigenvalue weighted by Gasteiger charge is -2.30. The second-order valence-electron chi connectivity index (χ2n) is 9.96. The number of carbonyl (C=O) groups is 2. The van der Waals surface area contributed by atoms with E-state index in [-0.39, 0.29) is 23.8 Å². The third-order valence-corrected chi connectivity index (χ3v) is 6.57. The van der Waals surface area contributed by atoms with Crippen molar-refractivity contribution >= 4 is 46.4 Å². The Bertz CT molecular complexity index is 1320. The van der Waals surface area contributed by atoms with E-state index < -0.39 is 6.10 Å². The van der Waals surface area contributed by atoms with Gasteiger partial charge in [0.15, 0.2) is 12.7 Å². The quantitative estimate of drug-likeness (QED) is 0.342. The normalized spacial score (nSPS) is 13.8. The van der Waals surface area contributed by atoms with E-state index in [0.29, 0.717) is 46.1 Å². The molecule has 38 heavy (non-hydrogen) atoms. The zero-order chi connectivity index (χ0) is 27.4. The highest BCUT2D eigenvalue weighted by Crippen LogP contribution is 2.35. The van der Waals surface area contributed by atoms with Crippen LogP contribution in [0.5, 0.6) is 17.2 Å². The van der Waals surface area contributed by atoms with Crippen LogP contribution < -0.4 is 24.4 Å². The van der Waals surface area contributed by atoms with Gasteiger partial charge in [0.1, 0.15) is 23.9 Å². The number of halogens is 2. The van der Waals surface area contributed by atoms with Gasteiger partial charge in [0.25, 0.3) is 11.8 Å². The summed E-state index contributed by atoms with van der Waals surface area (Å²) < 4.78 is 17.2. The van der Waals surface area contributed by atoms with Crippen LogP contribution in [-0.2, 0) is 15.0 Å². The molecule has 1 heterocycles. The maximum Gasteiger partial charge on any atom is 0.265 e. The first-order valence-corrected chi connectivity index (χ1v) is 13.0. The molecule has 0 saturated heterocycles. The second-order valence-corrected chi connectivity index (χ2v) is 10.8. The van der Waals surface area contributed by atoms with Gasteiger partial charge in [0.05, 0.1) is 17.3 Å². The van der Waals surface area contributed by atoms with E-state index in [0.717, 1.165) is 5.75 Å². The van der Waals surface area contributed by atoms with Crippen LogP contribution in [0.3, 0.4) is 0 Å². The Balaban J connectivity index is 1.40. The van der Waals surface area contributed by atoms with Crippen molar-refractivity contribution in [2.24, 2.45) is 0 Å². The summed E-state index contributed by atoms with van der Waals surface area (Å²) in [4.78, 5) is 27.1. The Kier molecular flexibility index (Phi) is 8.38. The smallest absolute Gasteiger partial charge is 0.265 e. The summed E-state index contributed by atoms with van der Waals surface area (Å²) in [6, 6.07) is 17.9. The van der Waals surface area contributed by atoms with Crippen molar-refractivity contribution in [3.05, 3.63) is 76.3 Å². The van der Waals surface area contributed by atoms with Crippen LogP contribution in [0.4, 0.5) is 11.4 Å². The molecule has 0 spiro atoms. The SMILES string of the molecule is CC(Oc1ccc(Cl)cc1Cl)C(=O)Nc1ccc2c(c1)N(CCOc1ccc(C(C)(C)C)cc1)C(=O)CO2. The van der Waals surface area contributed by atoms with E-state index >= 15 is 0 Å². The molecule has 2 amide bonds.